The summed E-state index contributed by atoms with van der Waals surface area (Å²) >= 11 is 13.8. The standard InChI is InChI=1S/C20H13Cl2N3OS/c21-13-8-9-16(22)15(11-13)19(26)25(12-14-5-3-4-10-23-14)20-24-17-6-1-2-7-18(17)27-20/h1-11H,12H2. The Kier molecular flexibility index (Phi) is 5.07. The molecule has 0 spiro atoms. The number of hydrogen-bond acceptors (Lipinski definition) is 4. The summed E-state index contributed by atoms with van der Waals surface area (Å²) in [5, 5.41) is 1.38. The maximum absolute atomic E-state index is 13.3. The summed E-state index contributed by atoms with van der Waals surface area (Å²) in [6.45, 7) is 0.280. The number of rotatable bonds is 4. The molecule has 4 rings (SSSR count). The molecule has 0 fully saturated rings. The number of thiazole rings is 1. The molecule has 134 valence electrons. The van der Waals surface area contributed by atoms with Crippen molar-refractivity contribution in [2.24, 2.45) is 0 Å². The fraction of sp³-hybridized carbons (Fsp3) is 0.0500. The lowest BCUT2D eigenvalue weighted by molar-refractivity contribution is 0.0985. The van der Waals surface area contributed by atoms with Crippen LogP contribution in [0.15, 0.2) is 66.9 Å². The molecule has 2 aromatic carbocycles. The lowest BCUT2D eigenvalue weighted by Crippen LogP contribution is -2.31. The molecule has 0 aliphatic heterocycles. The highest BCUT2D eigenvalue weighted by atomic mass is 35.5. The first kappa shape index (κ1) is 17.9. The molecule has 27 heavy (non-hydrogen) atoms. The van der Waals surface area contributed by atoms with Gasteiger partial charge in [0.1, 0.15) is 0 Å². The van der Waals surface area contributed by atoms with E-state index in [1.165, 1.54) is 11.3 Å². The number of halogens is 2. The second-order valence-electron chi connectivity index (χ2n) is 5.80. The van der Waals surface area contributed by atoms with Crippen LogP contribution in [-0.4, -0.2) is 15.9 Å². The predicted octanol–water partition coefficient (Wildman–Crippen LogP) is 5.85. The minimum absolute atomic E-state index is 0.271. The van der Waals surface area contributed by atoms with E-state index in [1.54, 1.807) is 29.3 Å². The Labute approximate surface area is 170 Å². The van der Waals surface area contributed by atoms with Crippen molar-refractivity contribution in [3.63, 3.8) is 0 Å². The first-order valence-electron chi connectivity index (χ1n) is 8.14. The van der Waals surface area contributed by atoms with Gasteiger partial charge in [-0.05, 0) is 42.5 Å². The van der Waals surface area contributed by atoms with E-state index in [4.69, 9.17) is 23.2 Å². The number of anilines is 1. The van der Waals surface area contributed by atoms with Crippen molar-refractivity contribution in [3.05, 3.63) is 88.2 Å². The Morgan fingerprint density at radius 1 is 1.04 bits per heavy atom. The van der Waals surface area contributed by atoms with E-state index in [-0.39, 0.29) is 12.5 Å². The Hall–Kier alpha value is -2.47. The second-order valence-corrected chi connectivity index (χ2v) is 7.65. The molecular weight excluding hydrogens is 401 g/mol. The van der Waals surface area contributed by atoms with Crippen LogP contribution in [0, 0.1) is 0 Å². The van der Waals surface area contributed by atoms with Gasteiger partial charge in [0.25, 0.3) is 5.91 Å². The van der Waals surface area contributed by atoms with Gasteiger partial charge in [0.05, 0.1) is 33.0 Å². The number of pyridine rings is 1. The molecular formula is C20H13Cl2N3OS. The Balaban J connectivity index is 1.79. The average molecular weight is 414 g/mol. The summed E-state index contributed by atoms with van der Waals surface area (Å²) in [6, 6.07) is 18.2. The highest BCUT2D eigenvalue weighted by molar-refractivity contribution is 7.22. The van der Waals surface area contributed by atoms with Crippen LogP contribution in [0.2, 0.25) is 10.0 Å². The van der Waals surface area contributed by atoms with Crippen LogP contribution in [0.4, 0.5) is 5.13 Å². The maximum Gasteiger partial charge on any atom is 0.262 e. The van der Waals surface area contributed by atoms with Crippen molar-refractivity contribution in [2.75, 3.05) is 4.90 Å². The number of hydrogen-bond donors (Lipinski definition) is 0. The van der Waals surface area contributed by atoms with Crippen molar-refractivity contribution in [2.45, 2.75) is 6.54 Å². The molecule has 0 unspecified atom stereocenters. The zero-order chi connectivity index (χ0) is 18.8. The summed E-state index contributed by atoms with van der Waals surface area (Å²) < 4.78 is 1.00. The molecule has 0 radical (unpaired) electrons. The highest BCUT2D eigenvalue weighted by Crippen LogP contribution is 2.32. The summed E-state index contributed by atoms with van der Waals surface area (Å²) in [6.07, 6.45) is 1.70. The number of fused-ring (bicyclic) bond motifs is 1. The van der Waals surface area contributed by atoms with Gasteiger partial charge in [0, 0.05) is 11.2 Å². The molecule has 4 nitrogen and oxygen atoms in total. The fourth-order valence-electron chi connectivity index (χ4n) is 2.66. The van der Waals surface area contributed by atoms with Crippen LogP contribution in [0.3, 0.4) is 0 Å². The van der Waals surface area contributed by atoms with E-state index >= 15 is 0 Å². The quantitative estimate of drug-likeness (QED) is 0.421. The van der Waals surface area contributed by atoms with Crippen LogP contribution in [0.5, 0.6) is 0 Å². The average Bonchev–Trinajstić information content (AvgIpc) is 3.12. The molecule has 0 bridgehead atoms. The monoisotopic (exact) mass is 413 g/mol. The van der Waals surface area contributed by atoms with Gasteiger partial charge in [0.15, 0.2) is 5.13 Å². The predicted molar refractivity (Wildman–Crippen MR) is 111 cm³/mol. The maximum atomic E-state index is 13.3. The molecule has 0 aliphatic carbocycles. The molecule has 0 N–H and O–H groups in total. The fourth-order valence-corrected chi connectivity index (χ4v) is 4.00. The number of nitrogens with zero attached hydrogens (tertiary/aromatic N) is 3. The molecule has 0 atom stereocenters. The molecule has 7 heteroatoms. The minimum Gasteiger partial charge on any atom is -0.278 e. The number of amides is 1. The van der Waals surface area contributed by atoms with Crippen LogP contribution >= 0.6 is 34.5 Å². The largest absolute Gasteiger partial charge is 0.278 e. The van der Waals surface area contributed by atoms with E-state index in [0.717, 1.165) is 15.9 Å². The van der Waals surface area contributed by atoms with Crippen molar-refractivity contribution >= 4 is 55.8 Å². The lowest BCUT2D eigenvalue weighted by atomic mass is 10.2. The molecule has 0 saturated heterocycles. The summed E-state index contributed by atoms with van der Waals surface area (Å²) in [4.78, 5) is 23.9. The third kappa shape index (κ3) is 3.81. The van der Waals surface area contributed by atoms with Gasteiger partial charge in [-0.15, -0.1) is 0 Å². The van der Waals surface area contributed by atoms with E-state index in [2.05, 4.69) is 9.97 Å². The minimum atomic E-state index is -0.271. The topological polar surface area (TPSA) is 46.1 Å². The Morgan fingerprint density at radius 2 is 1.85 bits per heavy atom. The Bertz CT molecular complexity index is 1080. The van der Waals surface area contributed by atoms with E-state index in [9.17, 15) is 4.79 Å². The number of carbonyl (C=O) groups is 1. The van der Waals surface area contributed by atoms with Gasteiger partial charge in [-0.3, -0.25) is 14.7 Å². The van der Waals surface area contributed by atoms with Gasteiger partial charge in [0.2, 0.25) is 0 Å². The van der Waals surface area contributed by atoms with E-state index in [0.29, 0.717) is 20.7 Å². The molecule has 1 amide bonds. The van der Waals surface area contributed by atoms with Gasteiger partial charge in [-0.25, -0.2) is 4.98 Å². The summed E-state index contributed by atoms with van der Waals surface area (Å²) in [5.41, 5.74) is 1.93. The smallest absolute Gasteiger partial charge is 0.262 e. The Morgan fingerprint density at radius 3 is 2.63 bits per heavy atom. The number of para-hydroxylation sites is 1. The molecule has 0 saturated carbocycles. The van der Waals surface area contributed by atoms with E-state index in [1.807, 2.05) is 42.5 Å². The van der Waals surface area contributed by atoms with Gasteiger partial charge < -0.3 is 0 Å². The van der Waals surface area contributed by atoms with Crippen LogP contribution in [0.25, 0.3) is 10.2 Å². The number of carbonyl (C=O) groups excluding carboxylic acids is 1. The molecule has 4 aromatic rings. The SMILES string of the molecule is O=C(c1cc(Cl)ccc1Cl)N(Cc1ccccn1)c1nc2ccccc2s1. The van der Waals surface area contributed by atoms with Crippen molar-refractivity contribution < 1.29 is 4.79 Å². The van der Waals surface area contributed by atoms with Crippen LogP contribution in [-0.2, 0) is 6.54 Å². The van der Waals surface area contributed by atoms with Crippen LogP contribution in [0.1, 0.15) is 16.1 Å². The summed E-state index contributed by atoms with van der Waals surface area (Å²) in [5.74, 6) is -0.271. The second kappa shape index (κ2) is 7.64. The normalized spacial score (nSPS) is 10.9. The number of aromatic nitrogens is 2. The van der Waals surface area contributed by atoms with Crippen LogP contribution < -0.4 is 4.90 Å². The van der Waals surface area contributed by atoms with Gasteiger partial charge >= 0.3 is 0 Å². The third-order valence-electron chi connectivity index (χ3n) is 3.96. The van der Waals surface area contributed by atoms with Crippen molar-refractivity contribution in [3.8, 4) is 0 Å². The zero-order valence-corrected chi connectivity index (χ0v) is 16.3. The molecule has 2 aromatic heterocycles. The van der Waals surface area contributed by atoms with E-state index < -0.39 is 0 Å². The first-order chi connectivity index (χ1) is 13.1. The van der Waals surface area contributed by atoms with Crippen molar-refractivity contribution in [1.82, 2.24) is 9.97 Å². The molecule has 2 heterocycles. The molecule has 0 aliphatic rings. The summed E-state index contributed by atoms with van der Waals surface area (Å²) in [7, 11) is 0. The highest BCUT2D eigenvalue weighted by Gasteiger charge is 2.24. The van der Waals surface area contributed by atoms with Gasteiger partial charge in [-0.2, -0.15) is 0 Å². The first-order valence-corrected chi connectivity index (χ1v) is 9.71. The third-order valence-corrected chi connectivity index (χ3v) is 5.59. The zero-order valence-electron chi connectivity index (χ0n) is 14.0. The lowest BCUT2D eigenvalue weighted by Gasteiger charge is -2.20. The number of benzene rings is 2. The van der Waals surface area contributed by atoms with Crippen molar-refractivity contribution in [1.29, 1.82) is 0 Å². The van der Waals surface area contributed by atoms with Gasteiger partial charge in [-0.1, -0.05) is 52.7 Å².